The van der Waals surface area contributed by atoms with E-state index >= 15 is 0 Å². The number of carbonyl (C=O) groups is 1. The van der Waals surface area contributed by atoms with Gasteiger partial charge < -0.3 is 0 Å². The Hall–Kier alpha value is -1.74. The summed E-state index contributed by atoms with van der Waals surface area (Å²) >= 11 is 1.25. The first-order valence-electron chi connectivity index (χ1n) is 6.89. The van der Waals surface area contributed by atoms with Crippen LogP contribution < -0.4 is 4.90 Å². The molecule has 128 valence electrons. The first-order chi connectivity index (χ1) is 11.3. The summed E-state index contributed by atoms with van der Waals surface area (Å²) in [5.74, 6) is 0.678. The predicted molar refractivity (Wildman–Crippen MR) is 89.5 cm³/mol. The Morgan fingerprint density at radius 2 is 2.00 bits per heavy atom. The van der Waals surface area contributed by atoms with Crippen LogP contribution in [0.4, 0.5) is 19.0 Å². The second-order valence-corrected chi connectivity index (χ2v) is 6.99. The van der Waals surface area contributed by atoms with Gasteiger partial charge in [-0.1, -0.05) is 6.92 Å². The lowest BCUT2D eigenvalue weighted by atomic mass is 10.3. The van der Waals surface area contributed by atoms with Crippen LogP contribution in [0.1, 0.15) is 17.4 Å². The molecule has 2 heterocycles. The van der Waals surface area contributed by atoms with E-state index in [1.807, 2.05) is 6.92 Å². The summed E-state index contributed by atoms with van der Waals surface area (Å²) in [5.41, 5.74) is -4.08. The minimum Gasteiger partial charge on any atom is -0.294 e. The summed E-state index contributed by atoms with van der Waals surface area (Å²) in [6, 6.07) is 6.21. The molecule has 0 N–H and O–H groups in total. The standard InChI is InChI=1S/C15H14F3N3OS2/c1-3-23-11-5-4-8-19-13(11)14(22)21(2)12-7-6-10(9-20-12)24-15(16,17)18/h4-9H,3H2,1-2H3. The molecule has 0 saturated carbocycles. The maximum absolute atomic E-state index is 12.6. The number of pyridine rings is 2. The third-order valence-electron chi connectivity index (χ3n) is 2.88. The van der Waals surface area contributed by atoms with Crippen LogP contribution in [0.15, 0.2) is 46.5 Å². The van der Waals surface area contributed by atoms with Gasteiger partial charge in [-0.2, -0.15) is 13.2 Å². The number of nitrogens with zero attached hydrogens (tertiary/aromatic N) is 3. The van der Waals surface area contributed by atoms with Crippen molar-refractivity contribution in [3.63, 3.8) is 0 Å². The summed E-state index contributed by atoms with van der Waals surface area (Å²) < 4.78 is 37.0. The van der Waals surface area contributed by atoms with E-state index in [0.29, 0.717) is 5.69 Å². The average molecular weight is 373 g/mol. The maximum Gasteiger partial charge on any atom is 0.446 e. The molecular weight excluding hydrogens is 359 g/mol. The van der Waals surface area contributed by atoms with Gasteiger partial charge in [-0.05, 0) is 41.8 Å². The quantitative estimate of drug-likeness (QED) is 0.724. The molecule has 0 saturated heterocycles. The highest BCUT2D eigenvalue weighted by Gasteiger charge is 2.29. The SMILES string of the molecule is CCSc1cccnc1C(=O)N(C)c1ccc(SC(F)(F)F)cn1. The summed E-state index contributed by atoms with van der Waals surface area (Å²) in [6.45, 7) is 1.97. The zero-order chi connectivity index (χ0) is 17.7. The largest absolute Gasteiger partial charge is 0.446 e. The molecule has 0 unspecified atom stereocenters. The Morgan fingerprint density at radius 3 is 2.58 bits per heavy atom. The van der Waals surface area contributed by atoms with Gasteiger partial charge in [-0.3, -0.25) is 9.69 Å². The lowest BCUT2D eigenvalue weighted by Gasteiger charge is -2.17. The molecule has 0 bridgehead atoms. The van der Waals surface area contributed by atoms with E-state index in [1.54, 1.807) is 12.1 Å². The van der Waals surface area contributed by atoms with Crippen molar-refractivity contribution >= 4 is 35.2 Å². The number of thioether (sulfide) groups is 2. The van der Waals surface area contributed by atoms with E-state index in [4.69, 9.17) is 0 Å². The van der Waals surface area contributed by atoms with Gasteiger partial charge in [0.2, 0.25) is 0 Å². The van der Waals surface area contributed by atoms with Crippen molar-refractivity contribution in [1.82, 2.24) is 9.97 Å². The van der Waals surface area contributed by atoms with E-state index in [1.165, 1.54) is 42.0 Å². The lowest BCUT2D eigenvalue weighted by Crippen LogP contribution is -2.28. The van der Waals surface area contributed by atoms with Crippen molar-refractivity contribution in [3.8, 4) is 0 Å². The Labute approximate surface area is 145 Å². The first kappa shape index (κ1) is 18.6. The van der Waals surface area contributed by atoms with Crippen molar-refractivity contribution in [2.24, 2.45) is 0 Å². The van der Waals surface area contributed by atoms with Crippen LogP contribution in [-0.2, 0) is 0 Å². The summed E-state index contributed by atoms with van der Waals surface area (Å²) in [7, 11) is 1.51. The van der Waals surface area contributed by atoms with Crippen molar-refractivity contribution < 1.29 is 18.0 Å². The second-order valence-electron chi connectivity index (χ2n) is 4.55. The molecule has 2 aromatic rings. The number of aromatic nitrogens is 2. The maximum atomic E-state index is 12.6. The van der Waals surface area contributed by atoms with Crippen molar-refractivity contribution in [2.75, 3.05) is 17.7 Å². The van der Waals surface area contributed by atoms with Gasteiger partial charge in [-0.25, -0.2) is 9.97 Å². The molecule has 0 radical (unpaired) electrons. The number of carbonyl (C=O) groups excluding carboxylic acids is 1. The van der Waals surface area contributed by atoms with E-state index in [-0.39, 0.29) is 28.4 Å². The second kappa shape index (κ2) is 7.89. The highest BCUT2D eigenvalue weighted by molar-refractivity contribution is 8.00. The van der Waals surface area contributed by atoms with Gasteiger partial charge in [-0.15, -0.1) is 11.8 Å². The molecule has 0 aliphatic heterocycles. The van der Waals surface area contributed by atoms with Gasteiger partial charge in [0.15, 0.2) is 0 Å². The van der Waals surface area contributed by atoms with Gasteiger partial charge in [0.1, 0.15) is 11.5 Å². The normalized spacial score (nSPS) is 11.4. The molecule has 0 fully saturated rings. The van der Waals surface area contributed by atoms with Crippen molar-refractivity contribution in [3.05, 3.63) is 42.4 Å². The predicted octanol–water partition coefficient (Wildman–Crippen LogP) is 4.48. The number of alkyl halides is 3. The Kier molecular flexibility index (Phi) is 6.11. The third-order valence-corrected chi connectivity index (χ3v) is 4.51. The van der Waals surface area contributed by atoms with Crippen LogP contribution >= 0.6 is 23.5 Å². The van der Waals surface area contributed by atoms with Crippen molar-refractivity contribution in [2.45, 2.75) is 22.2 Å². The topological polar surface area (TPSA) is 46.1 Å². The molecular formula is C15H14F3N3OS2. The third kappa shape index (κ3) is 4.88. The molecule has 4 nitrogen and oxygen atoms in total. The lowest BCUT2D eigenvalue weighted by molar-refractivity contribution is -0.0328. The number of anilines is 1. The molecule has 0 aromatic carbocycles. The zero-order valence-electron chi connectivity index (χ0n) is 12.9. The number of rotatable bonds is 5. The van der Waals surface area contributed by atoms with E-state index in [2.05, 4.69) is 9.97 Å². The molecule has 0 spiro atoms. The highest BCUT2D eigenvalue weighted by atomic mass is 32.2. The highest BCUT2D eigenvalue weighted by Crippen LogP contribution is 2.36. The van der Waals surface area contributed by atoms with Crippen molar-refractivity contribution in [1.29, 1.82) is 0 Å². The summed E-state index contributed by atoms with van der Waals surface area (Å²) in [6.07, 6.45) is 2.62. The Bertz CT molecular complexity index is 708. The monoisotopic (exact) mass is 373 g/mol. The number of hydrogen-bond donors (Lipinski definition) is 0. The van der Waals surface area contributed by atoms with Gasteiger partial charge in [0.05, 0.1) is 0 Å². The van der Waals surface area contributed by atoms with Crippen LogP contribution in [-0.4, -0.2) is 34.2 Å². The van der Waals surface area contributed by atoms with Gasteiger partial charge in [0.25, 0.3) is 5.91 Å². The molecule has 1 amide bonds. The van der Waals surface area contributed by atoms with E-state index in [0.717, 1.165) is 16.8 Å². The molecule has 24 heavy (non-hydrogen) atoms. The summed E-state index contributed by atoms with van der Waals surface area (Å²) in [5, 5.41) is 0. The molecule has 0 atom stereocenters. The molecule has 0 aliphatic rings. The average Bonchev–Trinajstić information content (AvgIpc) is 2.54. The Balaban J connectivity index is 2.19. The van der Waals surface area contributed by atoms with Crippen LogP contribution in [0.25, 0.3) is 0 Å². The van der Waals surface area contributed by atoms with Crippen LogP contribution in [0.3, 0.4) is 0 Å². The molecule has 2 rings (SSSR count). The fraction of sp³-hybridized carbons (Fsp3) is 0.267. The summed E-state index contributed by atoms with van der Waals surface area (Å²) in [4.78, 5) is 22.6. The molecule has 9 heteroatoms. The number of hydrogen-bond acceptors (Lipinski definition) is 5. The van der Waals surface area contributed by atoms with Crippen LogP contribution in [0.2, 0.25) is 0 Å². The number of halogens is 3. The minimum absolute atomic E-state index is 0.0350. The fourth-order valence-corrected chi connectivity index (χ4v) is 3.12. The zero-order valence-corrected chi connectivity index (χ0v) is 14.5. The Morgan fingerprint density at radius 1 is 1.25 bits per heavy atom. The van der Waals surface area contributed by atoms with E-state index < -0.39 is 5.51 Å². The first-order valence-corrected chi connectivity index (χ1v) is 8.69. The number of amides is 1. The minimum atomic E-state index is -4.37. The van der Waals surface area contributed by atoms with Crippen LogP contribution in [0, 0.1) is 0 Å². The smallest absolute Gasteiger partial charge is 0.294 e. The van der Waals surface area contributed by atoms with Crippen LogP contribution in [0.5, 0.6) is 0 Å². The van der Waals surface area contributed by atoms with Gasteiger partial charge >= 0.3 is 5.51 Å². The molecule has 0 aliphatic carbocycles. The fourth-order valence-electron chi connectivity index (χ4n) is 1.85. The van der Waals surface area contributed by atoms with Gasteiger partial charge in [0, 0.05) is 29.2 Å². The van der Waals surface area contributed by atoms with E-state index in [9.17, 15) is 18.0 Å². The molecule has 2 aromatic heterocycles.